The van der Waals surface area contributed by atoms with Crippen LogP contribution < -0.4 is 5.73 Å². The first-order chi connectivity index (χ1) is 7.48. The predicted octanol–water partition coefficient (Wildman–Crippen LogP) is 1.60. The molecule has 1 aliphatic rings. The van der Waals surface area contributed by atoms with Crippen LogP contribution in [0.25, 0.3) is 0 Å². The molecule has 2 unspecified atom stereocenters. The van der Waals surface area contributed by atoms with Crippen LogP contribution >= 0.6 is 0 Å². The number of nitrogens with two attached hydrogens (primary N) is 1. The van der Waals surface area contributed by atoms with Gasteiger partial charge in [-0.25, -0.2) is 0 Å². The SMILES string of the molecule is CCN(CC1CCC1)C(C)CC(C)(O)CN. The van der Waals surface area contributed by atoms with Crippen molar-refractivity contribution in [3.63, 3.8) is 0 Å². The second-order valence-corrected chi connectivity index (χ2v) is 5.64. The van der Waals surface area contributed by atoms with E-state index in [1.54, 1.807) is 0 Å². The van der Waals surface area contributed by atoms with Crippen molar-refractivity contribution in [3.8, 4) is 0 Å². The molecular formula is C13H28N2O. The highest BCUT2D eigenvalue weighted by atomic mass is 16.3. The van der Waals surface area contributed by atoms with Crippen molar-refractivity contribution in [1.29, 1.82) is 0 Å². The average Bonchev–Trinajstić information content (AvgIpc) is 2.15. The van der Waals surface area contributed by atoms with Gasteiger partial charge in [0.1, 0.15) is 0 Å². The molecule has 1 aliphatic carbocycles. The van der Waals surface area contributed by atoms with E-state index < -0.39 is 5.60 Å². The van der Waals surface area contributed by atoms with E-state index in [1.165, 1.54) is 25.8 Å². The Balaban J connectivity index is 2.38. The minimum absolute atomic E-state index is 0.346. The fraction of sp³-hybridized carbons (Fsp3) is 1.00. The number of hydrogen-bond acceptors (Lipinski definition) is 3. The highest BCUT2D eigenvalue weighted by Gasteiger charge is 2.27. The smallest absolute Gasteiger partial charge is 0.0756 e. The molecule has 1 rings (SSSR count). The van der Waals surface area contributed by atoms with Crippen molar-refractivity contribution in [2.24, 2.45) is 11.7 Å². The van der Waals surface area contributed by atoms with E-state index in [0.29, 0.717) is 12.6 Å². The minimum atomic E-state index is -0.716. The van der Waals surface area contributed by atoms with Gasteiger partial charge in [0.15, 0.2) is 0 Å². The van der Waals surface area contributed by atoms with Crippen molar-refractivity contribution >= 4 is 0 Å². The van der Waals surface area contributed by atoms with E-state index in [2.05, 4.69) is 18.7 Å². The summed E-state index contributed by atoms with van der Waals surface area (Å²) in [6.45, 7) is 8.84. The van der Waals surface area contributed by atoms with Crippen LogP contribution in [0, 0.1) is 5.92 Å². The monoisotopic (exact) mass is 228 g/mol. The van der Waals surface area contributed by atoms with Crippen LogP contribution in [0.15, 0.2) is 0 Å². The van der Waals surface area contributed by atoms with E-state index in [1.807, 2.05) is 6.92 Å². The summed E-state index contributed by atoms with van der Waals surface area (Å²) in [5, 5.41) is 9.99. The van der Waals surface area contributed by atoms with Crippen molar-refractivity contribution < 1.29 is 5.11 Å². The summed E-state index contributed by atoms with van der Waals surface area (Å²) in [4.78, 5) is 2.48. The normalized spacial score (nSPS) is 22.9. The zero-order valence-electron chi connectivity index (χ0n) is 11.1. The summed E-state index contributed by atoms with van der Waals surface area (Å²) in [6.07, 6.45) is 4.94. The first-order valence-corrected chi connectivity index (χ1v) is 6.65. The van der Waals surface area contributed by atoms with Gasteiger partial charge in [-0.1, -0.05) is 13.3 Å². The number of hydrogen-bond donors (Lipinski definition) is 2. The molecule has 3 heteroatoms. The topological polar surface area (TPSA) is 49.5 Å². The van der Waals surface area contributed by atoms with Crippen LogP contribution in [0.4, 0.5) is 0 Å². The van der Waals surface area contributed by atoms with E-state index in [9.17, 15) is 5.11 Å². The van der Waals surface area contributed by atoms with E-state index >= 15 is 0 Å². The molecule has 0 radical (unpaired) electrons. The Kier molecular flexibility index (Phi) is 5.22. The Morgan fingerprint density at radius 2 is 2.12 bits per heavy atom. The largest absolute Gasteiger partial charge is 0.389 e. The van der Waals surface area contributed by atoms with Crippen molar-refractivity contribution in [1.82, 2.24) is 4.90 Å². The van der Waals surface area contributed by atoms with Gasteiger partial charge in [-0.2, -0.15) is 0 Å². The minimum Gasteiger partial charge on any atom is -0.389 e. The molecule has 0 spiro atoms. The van der Waals surface area contributed by atoms with Gasteiger partial charge in [-0.15, -0.1) is 0 Å². The lowest BCUT2D eigenvalue weighted by molar-refractivity contribution is 0.0233. The first-order valence-electron chi connectivity index (χ1n) is 6.65. The predicted molar refractivity (Wildman–Crippen MR) is 68.3 cm³/mol. The van der Waals surface area contributed by atoms with E-state index in [-0.39, 0.29) is 0 Å². The Bertz CT molecular complexity index is 202. The third-order valence-corrected chi connectivity index (χ3v) is 3.92. The molecule has 0 aromatic heterocycles. The number of rotatable bonds is 7. The Morgan fingerprint density at radius 1 is 1.50 bits per heavy atom. The van der Waals surface area contributed by atoms with Gasteiger partial charge in [0, 0.05) is 19.1 Å². The summed E-state index contributed by atoms with van der Waals surface area (Å²) >= 11 is 0. The van der Waals surface area contributed by atoms with Crippen molar-refractivity contribution in [2.45, 2.75) is 58.1 Å². The Labute approximate surface area is 100 Å². The molecule has 1 fully saturated rings. The van der Waals surface area contributed by atoms with Crippen molar-refractivity contribution in [2.75, 3.05) is 19.6 Å². The summed E-state index contributed by atoms with van der Waals surface area (Å²) in [6, 6.07) is 0.421. The number of aliphatic hydroxyl groups is 1. The quantitative estimate of drug-likeness (QED) is 0.696. The van der Waals surface area contributed by atoms with Crippen molar-refractivity contribution in [3.05, 3.63) is 0 Å². The molecule has 0 heterocycles. The van der Waals surface area contributed by atoms with Gasteiger partial charge in [-0.05, 0) is 45.6 Å². The molecule has 96 valence electrons. The molecule has 2 atom stereocenters. The molecule has 0 aliphatic heterocycles. The van der Waals surface area contributed by atoms with Crippen LogP contribution in [-0.4, -0.2) is 41.3 Å². The average molecular weight is 228 g/mol. The third kappa shape index (κ3) is 4.04. The molecule has 0 aromatic carbocycles. The highest BCUT2D eigenvalue weighted by Crippen LogP contribution is 2.28. The maximum atomic E-state index is 9.99. The third-order valence-electron chi connectivity index (χ3n) is 3.92. The fourth-order valence-corrected chi connectivity index (χ4v) is 2.48. The van der Waals surface area contributed by atoms with Gasteiger partial charge in [0.2, 0.25) is 0 Å². The van der Waals surface area contributed by atoms with Gasteiger partial charge in [0.05, 0.1) is 5.60 Å². The summed E-state index contributed by atoms with van der Waals surface area (Å²) in [5.74, 6) is 0.894. The molecule has 0 amide bonds. The van der Waals surface area contributed by atoms with Crippen LogP contribution in [0.1, 0.15) is 46.5 Å². The first kappa shape index (κ1) is 13.9. The standard InChI is InChI=1S/C13H28N2O/c1-4-15(9-12-6-5-7-12)11(2)8-13(3,16)10-14/h11-12,16H,4-10,14H2,1-3H3. The van der Waals surface area contributed by atoms with Gasteiger partial charge >= 0.3 is 0 Å². The van der Waals surface area contributed by atoms with Crippen LogP contribution in [0.3, 0.4) is 0 Å². The second-order valence-electron chi connectivity index (χ2n) is 5.64. The van der Waals surface area contributed by atoms with E-state index in [0.717, 1.165) is 18.9 Å². The molecule has 0 bridgehead atoms. The van der Waals surface area contributed by atoms with E-state index in [4.69, 9.17) is 5.73 Å². The van der Waals surface area contributed by atoms with Crippen LogP contribution in [-0.2, 0) is 0 Å². The van der Waals surface area contributed by atoms with Gasteiger partial charge in [0.25, 0.3) is 0 Å². The zero-order valence-corrected chi connectivity index (χ0v) is 11.1. The molecule has 0 saturated heterocycles. The highest BCUT2D eigenvalue weighted by molar-refractivity contribution is 4.82. The molecule has 16 heavy (non-hydrogen) atoms. The lowest BCUT2D eigenvalue weighted by Gasteiger charge is -2.37. The van der Waals surface area contributed by atoms with Gasteiger partial charge < -0.3 is 15.7 Å². The summed E-state index contributed by atoms with van der Waals surface area (Å²) in [7, 11) is 0. The molecular weight excluding hydrogens is 200 g/mol. The Morgan fingerprint density at radius 3 is 2.50 bits per heavy atom. The summed E-state index contributed by atoms with van der Waals surface area (Å²) in [5.41, 5.74) is 4.85. The zero-order chi connectivity index (χ0) is 12.2. The molecule has 1 saturated carbocycles. The van der Waals surface area contributed by atoms with Crippen LogP contribution in [0.2, 0.25) is 0 Å². The molecule has 3 nitrogen and oxygen atoms in total. The second kappa shape index (κ2) is 5.99. The maximum Gasteiger partial charge on any atom is 0.0756 e. The molecule has 0 aromatic rings. The number of nitrogens with zero attached hydrogens (tertiary/aromatic N) is 1. The molecule has 3 N–H and O–H groups in total. The Hall–Kier alpha value is -0.120. The maximum absolute atomic E-state index is 9.99. The lowest BCUT2D eigenvalue weighted by Crippen LogP contribution is -2.45. The fourth-order valence-electron chi connectivity index (χ4n) is 2.48. The van der Waals surface area contributed by atoms with Gasteiger partial charge in [-0.3, -0.25) is 0 Å². The lowest BCUT2D eigenvalue weighted by atomic mass is 9.84. The van der Waals surface area contributed by atoms with Crippen LogP contribution in [0.5, 0.6) is 0 Å². The summed E-state index contributed by atoms with van der Waals surface area (Å²) < 4.78 is 0.